The molecule has 0 unspecified atom stereocenters. The van der Waals surface area contributed by atoms with Crippen molar-refractivity contribution in [2.45, 2.75) is 25.1 Å². The number of halogens is 3. The molecule has 5 heterocycles. The highest BCUT2D eigenvalue weighted by molar-refractivity contribution is 7.13. The topological polar surface area (TPSA) is 46.3 Å². The molecule has 5 nitrogen and oxygen atoms in total. The molecule has 0 bridgehead atoms. The maximum absolute atomic E-state index is 13.7. The van der Waals surface area contributed by atoms with E-state index in [4.69, 9.17) is 0 Å². The second-order valence-electron chi connectivity index (χ2n) is 7.42. The van der Waals surface area contributed by atoms with E-state index in [9.17, 15) is 13.2 Å². The van der Waals surface area contributed by atoms with E-state index < -0.39 is 11.9 Å². The van der Waals surface area contributed by atoms with Gasteiger partial charge >= 0.3 is 6.18 Å². The van der Waals surface area contributed by atoms with Gasteiger partial charge in [-0.05, 0) is 48.2 Å². The summed E-state index contributed by atoms with van der Waals surface area (Å²) in [6.45, 7) is 2.42. The molecular weight excluding hydrogens is 411 g/mol. The number of pyridine rings is 1. The van der Waals surface area contributed by atoms with Gasteiger partial charge < -0.3 is 0 Å². The fourth-order valence-corrected chi connectivity index (χ4v) is 4.59. The Morgan fingerprint density at radius 1 is 1.13 bits per heavy atom. The number of rotatable bonds is 4. The van der Waals surface area contributed by atoms with Crippen LogP contribution in [0.1, 0.15) is 29.3 Å². The molecule has 4 aromatic rings. The van der Waals surface area contributed by atoms with Crippen molar-refractivity contribution in [2.24, 2.45) is 0 Å². The quantitative estimate of drug-likeness (QED) is 0.465. The van der Waals surface area contributed by atoms with Crippen LogP contribution in [-0.4, -0.2) is 37.6 Å². The average Bonchev–Trinajstić information content (AvgIpc) is 3.47. The normalized spacial score (nSPS) is 17.8. The van der Waals surface area contributed by atoms with Gasteiger partial charge in [0, 0.05) is 37.5 Å². The summed E-state index contributed by atoms with van der Waals surface area (Å²) < 4.78 is 42.1. The molecule has 0 amide bonds. The molecule has 1 atom stereocenters. The van der Waals surface area contributed by atoms with Crippen molar-refractivity contribution in [3.8, 4) is 10.6 Å². The first-order chi connectivity index (χ1) is 14.5. The number of aromatic nitrogens is 4. The number of alkyl halides is 3. The number of thiophene rings is 1. The fourth-order valence-electron chi connectivity index (χ4n) is 3.91. The fraction of sp³-hybridized carbons (Fsp3) is 0.286. The number of nitrogens with zero attached hydrogens (tertiary/aromatic N) is 5. The molecule has 4 aromatic heterocycles. The van der Waals surface area contributed by atoms with Crippen molar-refractivity contribution in [1.29, 1.82) is 0 Å². The van der Waals surface area contributed by atoms with Crippen LogP contribution in [0.5, 0.6) is 0 Å². The van der Waals surface area contributed by atoms with Gasteiger partial charge in [-0.25, -0.2) is 9.50 Å². The largest absolute Gasteiger partial charge is 0.433 e. The first-order valence-electron chi connectivity index (χ1n) is 9.60. The van der Waals surface area contributed by atoms with Gasteiger partial charge in [0.15, 0.2) is 11.3 Å². The van der Waals surface area contributed by atoms with Crippen LogP contribution in [0.15, 0.2) is 54.2 Å². The van der Waals surface area contributed by atoms with Crippen molar-refractivity contribution in [1.82, 2.24) is 24.5 Å². The summed E-state index contributed by atoms with van der Waals surface area (Å²) in [6, 6.07) is 10.3. The van der Waals surface area contributed by atoms with Gasteiger partial charge in [0.2, 0.25) is 0 Å². The second-order valence-corrected chi connectivity index (χ2v) is 8.36. The van der Waals surface area contributed by atoms with Crippen LogP contribution in [0.3, 0.4) is 0 Å². The van der Waals surface area contributed by atoms with Crippen LogP contribution < -0.4 is 0 Å². The highest BCUT2D eigenvalue weighted by atomic mass is 32.1. The summed E-state index contributed by atoms with van der Waals surface area (Å²) >= 11 is 1.37. The Labute approximate surface area is 174 Å². The van der Waals surface area contributed by atoms with Crippen LogP contribution in [-0.2, 0) is 12.7 Å². The summed E-state index contributed by atoms with van der Waals surface area (Å²) in [4.78, 5) is 11.5. The summed E-state index contributed by atoms with van der Waals surface area (Å²) in [5, 5.41) is 6.15. The Hall–Kier alpha value is -2.78. The molecule has 0 saturated carbocycles. The first kappa shape index (κ1) is 19.2. The highest BCUT2D eigenvalue weighted by Gasteiger charge is 2.36. The molecule has 1 saturated heterocycles. The molecule has 0 aromatic carbocycles. The summed E-state index contributed by atoms with van der Waals surface area (Å²) in [5.74, 6) is 0.0832. The highest BCUT2D eigenvalue weighted by Crippen LogP contribution is 2.35. The van der Waals surface area contributed by atoms with Crippen molar-refractivity contribution < 1.29 is 13.2 Å². The first-order valence-corrected chi connectivity index (χ1v) is 10.5. The van der Waals surface area contributed by atoms with Gasteiger partial charge in [0.25, 0.3) is 0 Å². The zero-order valence-corrected chi connectivity index (χ0v) is 16.7. The summed E-state index contributed by atoms with van der Waals surface area (Å²) in [6.07, 6.45) is -0.130. The lowest BCUT2D eigenvalue weighted by atomic mass is 10.1. The molecule has 0 N–H and O–H groups in total. The molecule has 1 aliphatic heterocycles. The molecule has 0 radical (unpaired) electrons. The minimum absolute atomic E-state index is 0.0832. The SMILES string of the molecule is FC(F)(F)c1cc(-c2cccs2)nc2cc([C@H]3CCN(Cc4ccncc4)C3)nn12. The summed E-state index contributed by atoms with van der Waals surface area (Å²) in [5.41, 5.74) is 1.59. The molecule has 0 aliphatic carbocycles. The van der Waals surface area contributed by atoms with Crippen molar-refractivity contribution in [2.75, 3.05) is 13.1 Å². The van der Waals surface area contributed by atoms with Crippen LogP contribution in [0, 0.1) is 0 Å². The van der Waals surface area contributed by atoms with E-state index in [2.05, 4.69) is 20.0 Å². The number of likely N-dealkylation sites (tertiary alicyclic amines) is 1. The lowest BCUT2D eigenvalue weighted by molar-refractivity contribution is -0.142. The van der Waals surface area contributed by atoms with E-state index >= 15 is 0 Å². The van der Waals surface area contributed by atoms with Crippen LogP contribution in [0.4, 0.5) is 13.2 Å². The standard InChI is InChI=1S/C21H18F3N5S/c22-21(23,24)19-10-17(18-2-1-9-30-18)26-20-11-16(27-29(19)20)15-5-8-28(13-15)12-14-3-6-25-7-4-14/h1-4,6-7,9-11,15H,5,8,12-13H2/t15-/m0/s1. The smallest absolute Gasteiger partial charge is 0.298 e. The molecule has 5 rings (SSSR count). The number of hydrogen-bond donors (Lipinski definition) is 0. The molecule has 1 fully saturated rings. The molecular formula is C21H18F3N5S. The lowest BCUT2D eigenvalue weighted by Gasteiger charge is -2.15. The Morgan fingerprint density at radius 2 is 1.97 bits per heavy atom. The zero-order valence-electron chi connectivity index (χ0n) is 15.9. The summed E-state index contributed by atoms with van der Waals surface area (Å²) in [7, 11) is 0. The predicted octanol–water partition coefficient (Wildman–Crippen LogP) is 4.86. The van der Waals surface area contributed by atoms with E-state index in [1.54, 1.807) is 30.6 Å². The molecule has 9 heteroatoms. The van der Waals surface area contributed by atoms with Crippen LogP contribution in [0.2, 0.25) is 0 Å². The van der Waals surface area contributed by atoms with E-state index in [0.29, 0.717) is 16.3 Å². The molecule has 0 spiro atoms. The van der Waals surface area contributed by atoms with Gasteiger partial charge in [-0.3, -0.25) is 9.88 Å². The monoisotopic (exact) mass is 429 g/mol. The minimum atomic E-state index is -4.51. The van der Waals surface area contributed by atoms with Gasteiger partial charge in [0.1, 0.15) is 0 Å². The lowest BCUT2D eigenvalue weighted by Crippen LogP contribution is -2.19. The van der Waals surface area contributed by atoms with Gasteiger partial charge in [-0.1, -0.05) is 6.07 Å². The average molecular weight is 429 g/mol. The van der Waals surface area contributed by atoms with Crippen LogP contribution in [0.25, 0.3) is 16.2 Å². The Morgan fingerprint density at radius 3 is 2.70 bits per heavy atom. The van der Waals surface area contributed by atoms with E-state index in [0.717, 1.165) is 36.6 Å². The second kappa shape index (κ2) is 7.48. The van der Waals surface area contributed by atoms with Gasteiger partial charge in [-0.15, -0.1) is 11.3 Å². The third-order valence-electron chi connectivity index (χ3n) is 5.36. The molecule has 30 heavy (non-hydrogen) atoms. The minimum Gasteiger partial charge on any atom is -0.298 e. The van der Waals surface area contributed by atoms with Crippen molar-refractivity contribution in [3.63, 3.8) is 0 Å². The Bertz CT molecular complexity index is 1150. The predicted molar refractivity (Wildman–Crippen MR) is 108 cm³/mol. The molecule has 154 valence electrons. The number of fused-ring (bicyclic) bond motifs is 1. The van der Waals surface area contributed by atoms with E-state index in [1.807, 2.05) is 17.5 Å². The third-order valence-corrected chi connectivity index (χ3v) is 6.25. The van der Waals surface area contributed by atoms with Crippen molar-refractivity contribution >= 4 is 17.0 Å². The van der Waals surface area contributed by atoms with Gasteiger partial charge in [-0.2, -0.15) is 18.3 Å². The van der Waals surface area contributed by atoms with Crippen LogP contribution >= 0.6 is 11.3 Å². The molecule has 1 aliphatic rings. The Kier molecular flexibility index (Phi) is 4.79. The maximum Gasteiger partial charge on any atom is 0.433 e. The Balaban J connectivity index is 1.46. The number of hydrogen-bond acceptors (Lipinski definition) is 5. The van der Waals surface area contributed by atoms with Crippen molar-refractivity contribution in [3.05, 3.63) is 71.1 Å². The van der Waals surface area contributed by atoms with Gasteiger partial charge in [0.05, 0.1) is 16.3 Å². The third kappa shape index (κ3) is 3.70. The van der Waals surface area contributed by atoms with E-state index in [-0.39, 0.29) is 11.6 Å². The van der Waals surface area contributed by atoms with E-state index in [1.165, 1.54) is 16.9 Å². The maximum atomic E-state index is 13.7. The zero-order chi connectivity index (χ0) is 20.7.